The Bertz CT molecular complexity index is 516. The molecule has 2 rings (SSSR count). The number of hydrogen-bond acceptors (Lipinski definition) is 4. The van der Waals surface area contributed by atoms with E-state index < -0.39 is 5.97 Å². The summed E-state index contributed by atoms with van der Waals surface area (Å²) >= 11 is 0. The molecular formula is C12H11NO4. The summed E-state index contributed by atoms with van der Waals surface area (Å²) in [7, 11) is 0. The van der Waals surface area contributed by atoms with Crippen LogP contribution in [0, 0.1) is 6.92 Å². The van der Waals surface area contributed by atoms with Crippen molar-refractivity contribution >= 4 is 5.97 Å². The van der Waals surface area contributed by atoms with Gasteiger partial charge in [-0.15, -0.1) is 0 Å². The second-order valence-corrected chi connectivity index (χ2v) is 3.53. The van der Waals surface area contributed by atoms with Crippen LogP contribution in [-0.2, 0) is 6.61 Å². The smallest absolute Gasteiger partial charge is 0.358 e. The number of hydrogen-bond donors (Lipinski definition) is 1. The summed E-state index contributed by atoms with van der Waals surface area (Å²) in [6, 6.07) is 7.44. The summed E-state index contributed by atoms with van der Waals surface area (Å²) in [6.45, 7) is 2.02. The lowest BCUT2D eigenvalue weighted by atomic mass is 10.2. The van der Waals surface area contributed by atoms with Crippen LogP contribution in [0.5, 0.6) is 5.75 Å². The van der Waals surface area contributed by atoms with Crippen LogP contribution in [-0.4, -0.2) is 16.1 Å². The average molecular weight is 233 g/mol. The van der Waals surface area contributed by atoms with E-state index in [2.05, 4.69) is 4.98 Å². The number of aromatic nitrogens is 1. The molecule has 17 heavy (non-hydrogen) atoms. The average Bonchev–Trinajstić information content (AvgIpc) is 2.76. The maximum Gasteiger partial charge on any atom is 0.358 e. The Morgan fingerprint density at radius 1 is 1.41 bits per heavy atom. The Morgan fingerprint density at radius 3 is 2.76 bits per heavy atom. The van der Waals surface area contributed by atoms with Gasteiger partial charge < -0.3 is 14.3 Å². The van der Waals surface area contributed by atoms with Gasteiger partial charge in [0.2, 0.25) is 0 Å². The second kappa shape index (κ2) is 4.69. The Kier molecular flexibility index (Phi) is 3.09. The normalized spacial score (nSPS) is 10.2. The number of ether oxygens (including phenoxy) is 1. The van der Waals surface area contributed by atoms with E-state index in [9.17, 15) is 4.79 Å². The van der Waals surface area contributed by atoms with Crippen molar-refractivity contribution in [1.29, 1.82) is 0 Å². The van der Waals surface area contributed by atoms with E-state index in [4.69, 9.17) is 14.3 Å². The lowest BCUT2D eigenvalue weighted by molar-refractivity contribution is 0.0686. The minimum atomic E-state index is -1.12. The maximum absolute atomic E-state index is 10.8. The lowest BCUT2D eigenvalue weighted by Crippen LogP contribution is -2.04. The molecule has 1 heterocycles. The van der Waals surface area contributed by atoms with Crippen molar-refractivity contribution in [1.82, 2.24) is 4.98 Å². The van der Waals surface area contributed by atoms with Gasteiger partial charge in [-0.2, -0.15) is 0 Å². The summed E-state index contributed by atoms with van der Waals surface area (Å²) in [4.78, 5) is 14.4. The fourth-order valence-corrected chi connectivity index (χ4v) is 1.33. The van der Waals surface area contributed by atoms with E-state index in [0.29, 0.717) is 5.75 Å². The lowest BCUT2D eigenvalue weighted by Gasteiger charge is -2.04. The van der Waals surface area contributed by atoms with E-state index >= 15 is 0 Å². The number of nitrogens with zero attached hydrogens (tertiary/aromatic N) is 1. The molecule has 0 radical (unpaired) electrons. The molecule has 0 amide bonds. The molecule has 5 heteroatoms. The molecule has 0 saturated carbocycles. The predicted octanol–water partition coefficient (Wildman–Crippen LogP) is 2.26. The number of benzene rings is 1. The topological polar surface area (TPSA) is 72.6 Å². The minimum Gasteiger partial charge on any atom is -0.486 e. The summed E-state index contributed by atoms with van der Waals surface area (Å²) in [5.41, 5.74) is 1.01. The third-order valence-electron chi connectivity index (χ3n) is 2.23. The molecule has 0 fully saturated rings. The number of rotatable bonds is 4. The van der Waals surface area contributed by atoms with Crippen LogP contribution >= 0.6 is 0 Å². The SMILES string of the molecule is Cc1ccc(OCc2ocnc2C(=O)O)cc1. The molecule has 5 nitrogen and oxygen atoms in total. The van der Waals surface area contributed by atoms with Gasteiger partial charge in [0.25, 0.3) is 0 Å². The van der Waals surface area contributed by atoms with E-state index in [0.717, 1.165) is 12.0 Å². The predicted molar refractivity (Wildman–Crippen MR) is 59.0 cm³/mol. The highest BCUT2D eigenvalue weighted by atomic mass is 16.5. The summed E-state index contributed by atoms with van der Waals surface area (Å²) < 4.78 is 10.4. The van der Waals surface area contributed by atoms with Gasteiger partial charge in [-0.05, 0) is 19.1 Å². The van der Waals surface area contributed by atoms with Crippen molar-refractivity contribution in [3.05, 3.63) is 47.7 Å². The van der Waals surface area contributed by atoms with Crippen LogP contribution < -0.4 is 4.74 Å². The van der Waals surface area contributed by atoms with Gasteiger partial charge >= 0.3 is 5.97 Å². The Hall–Kier alpha value is -2.30. The van der Waals surface area contributed by atoms with Crippen molar-refractivity contribution in [2.24, 2.45) is 0 Å². The summed E-state index contributed by atoms with van der Waals surface area (Å²) in [5, 5.41) is 8.81. The van der Waals surface area contributed by atoms with Gasteiger partial charge in [-0.25, -0.2) is 9.78 Å². The Morgan fingerprint density at radius 2 is 2.12 bits per heavy atom. The first kappa shape index (κ1) is 11.2. The van der Waals surface area contributed by atoms with Crippen molar-refractivity contribution in [2.45, 2.75) is 13.5 Å². The second-order valence-electron chi connectivity index (χ2n) is 3.53. The van der Waals surface area contributed by atoms with Crippen LogP contribution in [0.2, 0.25) is 0 Å². The molecule has 0 unspecified atom stereocenters. The zero-order valence-electron chi connectivity index (χ0n) is 9.21. The maximum atomic E-state index is 10.8. The van der Waals surface area contributed by atoms with Crippen LogP contribution in [0.15, 0.2) is 35.1 Å². The zero-order valence-corrected chi connectivity index (χ0v) is 9.21. The number of aryl methyl sites for hydroxylation is 1. The van der Waals surface area contributed by atoms with Crippen molar-refractivity contribution in [2.75, 3.05) is 0 Å². The molecule has 1 aromatic heterocycles. The first-order chi connectivity index (χ1) is 8.16. The van der Waals surface area contributed by atoms with Crippen molar-refractivity contribution < 1.29 is 19.1 Å². The van der Waals surface area contributed by atoms with E-state index in [1.807, 2.05) is 31.2 Å². The monoisotopic (exact) mass is 233 g/mol. The fraction of sp³-hybridized carbons (Fsp3) is 0.167. The van der Waals surface area contributed by atoms with E-state index in [-0.39, 0.29) is 18.1 Å². The van der Waals surface area contributed by atoms with Crippen molar-refractivity contribution in [3.8, 4) is 5.75 Å². The molecule has 1 N–H and O–H groups in total. The molecule has 0 spiro atoms. The van der Waals surface area contributed by atoms with Gasteiger partial charge in [-0.1, -0.05) is 17.7 Å². The largest absolute Gasteiger partial charge is 0.486 e. The molecule has 88 valence electrons. The van der Waals surface area contributed by atoms with Gasteiger partial charge in [-0.3, -0.25) is 0 Å². The van der Waals surface area contributed by atoms with Gasteiger partial charge in [0.05, 0.1) is 0 Å². The Balaban J connectivity index is 2.05. The van der Waals surface area contributed by atoms with E-state index in [1.165, 1.54) is 0 Å². The minimum absolute atomic E-state index is 0.0463. The zero-order chi connectivity index (χ0) is 12.3. The first-order valence-electron chi connectivity index (χ1n) is 5.02. The molecule has 0 saturated heterocycles. The summed E-state index contributed by atoms with van der Waals surface area (Å²) in [5.74, 6) is -0.261. The number of carboxylic acids is 1. The number of oxazole rings is 1. The molecule has 1 aromatic carbocycles. The third kappa shape index (κ3) is 2.63. The third-order valence-corrected chi connectivity index (χ3v) is 2.23. The highest BCUT2D eigenvalue weighted by Gasteiger charge is 2.15. The van der Waals surface area contributed by atoms with Crippen molar-refractivity contribution in [3.63, 3.8) is 0 Å². The summed E-state index contributed by atoms with van der Waals surface area (Å²) in [6.07, 6.45) is 1.09. The van der Waals surface area contributed by atoms with Crippen LogP contribution in [0.3, 0.4) is 0 Å². The van der Waals surface area contributed by atoms with Crippen LogP contribution in [0.4, 0.5) is 0 Å². The molecule has 0 aliphatic rings. The Labute approximate surface area is 97.7 Å². The molecule has 0 bridgehead atoms. The van der Waals surface area contributed by atoms with Crippen LogP contribution in [0.1, 0.15) is 21.8 Å². The molecular weight excluding hydrogens is 222 g/mol. The molecule has 0 atom stereocenters. The van der Waals surface area contributed by atoms with E-state index in [1.54, 1.807) is 0 Å². The molecule has 0 aliphatic heterocycles. The molecule has 2 aromatic rings. The van der Waals surface area contributed by atoms with Gasteiger partial charge in [0.1, 0.15) is 12.4 Å². The highest BCUT2D eigenvalue weighted by molar-refractivity contribution is 5.86. The number of carboxylic acid groups (broad SMARTS) is 1. The van der Waals surface area contributed by atoms with Gasteiger partial charge in [0, 0.05) is 0 Å². The first-order valence-corrected chi connectivity index (χ1v) is 5.02. The van der Waals surface area contributed by atoms with Crippen LogP contribution in [0.25, 0.3) is 0 Å². The highest BCUT2D eigenvalue weighted by Crippen LogP contribution is 2.15. The number of carbonyl (C=O) groups is 1. The standard InChI is InChI=1S/C12H11NO4/c1-8-2-4-9(5-3-8)16-6-10-11(12(14)15)13-7-17-10/h2-5,7H,6H2,1H3,(H,14,15). The fourth-order valence-electron chi connectivity index (χ4n) is 1.33. The quantitative estimate of drug-likeness (QED) is 0.876. The number of aromatic carboxylic acids is 1. The van der Waals surface area contributed by atoms with Gasteiger partial charge in [0.15, 0.2) is 17.8 Å². The molecule has 0 aliphatic carbocycles.